The molecule has 7 heteroatoms. The quantitative estimate of drug-likeness (QED) is 0.685. The Morgan fingerprint density at radius 2 is 2.20 bits per heavy atom. The normalized spacial score (nSPS) is 11.9. The fourth-order valence-corrected chi connectivity index (χ4v) is 1.63. The molecule has 0 spiro atoms. The summed E-state index contributed by atoms with van der Waals surface area (Å²) in [6.07, 6.45) is 1.49. The van der Waals surface area contributed by atoms with E-state index in [2.05, 4.69) is 4.98 Å². The van der Waals surface area contributed by atoms with E-state index in [-0.39, 0.29) is 23.4 Å². The SMILES string of the molecule is C[C@@H](N)c1cccnc1Oc1ccc([N+](=O)[O-])cc1F. The van der Waals surface area contributed by atoms with E-state index in [1.54, 1.807) is 19.1 Å². The van der Waals surface area contributed by atoms with Gasteiger partial charge in [0, 0.05) is 23.9 Å². The number of halogens is 1. The molecule has 6 nitrogen and oxygen atoms in total. The molecule has 0 bridgehead atoms. The van der Waals surface area contributed by atoms with Crippen molar-refractivity contribution in [3.05, 3.63) is 58.0 Å². The molecule has 2 aromatic rings. The molecule has 0 radical (unpaired) electrons. The molecule has 0 aliphatic heterocycles. The van der Waals surface area contributed by atoms with E-state index in [0.29, 0.717) is 5.56 Å². The Kier molecular flexibility index (Phi) is 3.90. The van der Waals surface area contributed by atoms with Crippen LogP contribution in [-0.4, -0.2) is 9.91 Å². The van der Waals surface area contributed by atoms with Gasteiger partial charge >= 0.3 is 0 Å². The summed E-state index contributed by atoms with van der Waals surface area (Å²) in [4.78, 5) is 13.8. The lowest BCUT2D eigenvalue weighted by molar-refractivity contribution is -0.385. The number of nitrogens with two attached hydrogens (primary N) is 1. The molecule has 1 heterocycles. The van der Waals surface area contributed by atoms with E-state index >= 15 is 0 Å². The van der Waals surface area contributed by atoms with E-state index in [1.807, 2.05) is 0 Å². The van der Waals surface area contributed by atoms with Crippen molar-refractivity contribution in [2.24, 2.45) is 5.73 Å². The van der Waals surface area contributed by atoms with Gasteiger partial charge in [-0.1, -0.05) is 6.07 Å². The van der Waals surface area contributed by atoms with Gasteiger partial charge in [-0.05, 0) is 19.1 Å². The predicted octanol–water partition coefficient (Wildman–Crippen LogP) is 2.94. The molecule has 0 unspecified atom stereocenters. The molecule has 1 atom stereocenters. The minimum atomic E-state index is -0.833. The van der Waals surface area contributed by atoms with Crippen LogP contribution in [-0.2, 0) is 0 Å². The number of nitro benzene ring substituents is 1. The number of aromatic nitrogens is 1. The Morgan fingerprint density at radius 3 is 2.80 bits per heavy atom. The second kappa shape index (κ2) is 5.62. The molecule has 1 aromatic carbocycles. The second-order valence-electron chi connectivity index (χ2n) is 4.16. The first-order chi connectivity index (χ1) is 9.49. The number of benzene rings is 1. The molecule has 20 heavy (non-hydrogen) atoms. The van der Waals surface area contributed by atoms with Crippen molar-refractivity contribution in [2.45, 2.75) is 13.0 Å². The molecule has 0 amide bonds. The van der Waals surface area contributed by atoms with Crippen LogP contribution in [0.25, 0.3) is 0 Å². The topological polar surface area (TPSA) is 91.3 Å². The first-order valence-corrected chi connectivity index (χ1v) is 5.81. The first-order valence-electron chi connectivity index (χ1n) is 5.81. The van der Waals surface area contributed by atoms with Crippen LogP contribution in [0.15, 0.2) is 36.5 Å². The summed E-state index contributed by atoms with van der Waals surface area (Å²) in [7, 11) is 0. The molecule has 2 N–H and O–H groups in total. The Hall–Kier alpha value is -2.54. The van der Waals surface area contributed by atoms with E-state index in [9.17, 15) is 14.5 Å². The summed E-state index contributed by atoms with van der Waals surface area (Å²) < 4.78 is 19.1. The van der Waals surface area contributed by atoms with Crippen LogP contribution in [0.5, 0.6) is 11.6 Å². The minimum absolute atomic E-state index is 0.142. The van der Waals surface area contributed by atoms with Gasteiger partial charge in [-0.25, -0.2) is 9.37 Å². The van der Waals surface area contributed by atoms with Crippen molar-refractivity contribution in [1.29, 1.82) is 0 Å². The minimum Gasteiger partial charge on any atom is -0.436 e. The Balaban J connectivity index is 2.33. The third-order valence-corrected chi connectivity index (χ3v) is 2.62. The van der Waals surface area contributed by atoms with Crippen molar-refractivity contribution in [2.75, 3.05) is 0 Å². The largest absolute Gasteiger partial charge is 0.436 e. The van der Waals surface area contributed by atoms with Gasteiger partial charge in [-0.15, -0.1) is 0 Å². The number of rotatable bonds is 4. The van der Waals surface area contributed by atoms with Crippen LogP contribution < -0.4 is 10.5 Å². The van der Waals surface area contributed by atoms with Crippen molar-refractivity contribution < 1.29 is 14.1 Å². The maximum atomic E-state index is 13.7. The van der Waals surface area contributed by atoms with E-state index in [0.717, 1.165) is 12.1 Å². The highest BCUT2D eigenvalue weighted by molar-refractivity contribution is 5.40. The predicted molar refractivity (Wildman–Crippen MR) is 70.0 cm³/mol. The highest BCUT2D eigenvalue weighted by Gasteiger charge is 2.15. The van der Waals surface area contributed by atoms with Crippen LogP contribution in [0, 0.1) is 15.9 Å². The maximum absolute atomic E-state index is 13.7. The summed E-state index contributed by atoms with van der Waals surface area (Å²) in [5.41, 5.74) is 6.04. The lowest BCUT2D eigenvalue weighted by Gasteiger charge is -2.12. The molecule has 1 aromatic heterocycles. The van der Waals surface area contributed by atoms with Gasteiger partial charge in [0.25, 0.3) is 5.69 Å². The first kappa shape index (κ1) is 13.9. The Labute approximate surface area is 114 Å². The van der Waals surface area contributed by atoms with Crippen molar-refractivity contribution >= 4 is 5.69 Å². The highest BCUT2D eigenvalue weighted by atomic mass is 19.1. The summed E-state index contributed by atoms with van der Waals surface area (Å²) in [5, 5.41) is 10.5. The van der Waals surface area contributed by atoms with Gasteiger partial charge in [0.2, 0.25) is 5.88 Å². The zero-order chi connectivity index (χ0) is 14.7. The fourth-order valence-electron chi connectivity index (χ4n) is 1.63. The molecule has 0 fully saturated rings. The lowest BCUT2D eigenvalue weighted by atomic mass is 10.1. The maximum Gasteiger partial charge on any atom is 0.272 e. The third-order valence-electron chi connectivity index (χ3n) is 2.62. The number of nitrogens with zero attached hydrogens (tertiary/aromatic N) is 2. The van der Waals surface area contributed by atoms with E-state index in [1.165, 1.54) is 12.3 Å². The average molecular weight is 277 g/mol. The molecular weight excluding hydrogens is 265 g/mol. The Morgan fingerprint density at radius 1 is 1.45 bits per heavy atom. The zero-order valence-corrected chi connectivity index (χ0v) is 10.6. The van der Waals surface area contributed by atoms with Gasteiger partial charge in [-0.2, -0.15) is 0 Å². The van der Waals surface area contributed by atoms with Crippen molar-refractivity contribution in [1.82, 2.24) is 4.98 Å². The summed E-state index contributed by atoms with van der Waals surface area (Å²) >= 11 is 0. The summed E-state index contributed by atoms with van der Waals surface area (Å²) in [6.45, 7) is 1.75. The molecule has 2 rings (SSSR count). The van der Waals surface area contributed by atoms with Gasteiger partial charge in [0.1, 0.15) is 0 Å². The summed E-state index contributed by atoms with van der Waals surface area (Å²) in [5.74, 6) is -0.799. The second-order valence-corrected chi connectivity index (χ2v) is 4.16. The van der Waals surface area contributed by atoms with Gasteiger partial charge in [-0.3, -0.25) is 10.1 Å². The summed E-state index contributed by atoms with van der Waals surface area (Å²) in [6, 6.07) is 6.22. The van der Waals surface area contributed by atoms with Crippen LogP contribution in [0.1, 0.15) is 18.5 Å². The molecule has 0 aliphatic rings. The standard InChI is InChI=1S/C13H12FN3O3/c1-8(15)10-3-2-6-16-13(10)20-12-5-4-9(17(18)19)7-11(12)14/h2-8H,15H2,1H3/t8-/m1/s1. The van der Waals surface area contributed by atoms with E-state index in [4.69, 9.17) is 10.5 Å². The van der Waals surface area contributed by atoms with Crippen LogP contribution in [0.2, 0.25) is 0 Å². The smallest absolute Gasteiger partial charge is 0.272 e. The van der Waals surface area contributed by atoms with E-state index < -0.39 is 10.7 Å². The molecule has 0 aliphatic carbocycles. The van der Waals surface area contributed by atoms with Gasteiger partial charge < -0.3 is 10.5 Å². The number of ether oxygens (including phenoxy) is 1. The Bertz CT molecular complexity index is 647. The molecular formula is C13H12FN3O3. The average Bonchev–Trinajstić information content (AvgIpc) is 2.41. The van der Waals surface area contributed by atoms with Crippen LogP contribution in [0.3, 0.4) is 0 Å². The fraction of sp³-hybridized carbons (Fsp3) is 0.154. The monoisotopic (exact) mass is 277 g/mol. The molecule has 0 saturated carbocycles. The van der Waals surface area contributed by atoms with Crippen molar-refractivity contribution in [3.8, 4) is 11.6 Å². The third kappa shape index (κ3) is 2.89. The number of hydrogen-bond acceptors (Lipinski definition) is 5. The molecule has 104 valence electrons. The highest BCUT2D eigenvalue weighted by Crippen LogP contribution is 2.29. The van der Waals surface area contributed by atoms with Gasteiger partial charge in [0.05, 0.1) is 11.0 Å². The van der Waals surface area contributed by atoms with Gasteiger partial charge in [0.15, 0.2) is 11.6 Å². The zero-order valence-electron chi connectivity index (χ0n) is 10.6. The van der Waals surface area contributed by atoms with Crippen LogP contribution >= 0.6 is 0 Å². The van der Waals surface area contributed by atoms with Crippen LogP contribution in [0.4, 0.5) is 10.1 Å². The molecule has 0 saturated heterocycles. The number of non-ortho nitro benzene ring substituents is 1. The number of nitro groups is 1. The lowest BCUT2D eigenvalue weighted by Crippen LogP contribution is -2.07. The number of pyridine rings is 1. The number of hydrogen-bond donors (Lipinski definition) is 1. The van der Waals surface area contributed by atoms with Crippen molar-refractivity contribution in [3.63, 3.8) is 0 Å².